The van der Waals surface area contributed by atoms with E-state index in [1.54, 1.807) is 6.20 Å². The number of aromatic nitrogens is 2. The topological polar surface area (TPSA) is 102 Å². The molecule has 0 unspecified atom stereocenters. The molecule has 1 aromatic carbocycles. The fourth-order valence-corrected chi connectivity index (χ4v) is 3.40. The Kier molecular flexibility index (Phi) is 6.68. The Labute approximate surface area is 176 Å². The van der Waals surface area contributed by atoms with Crippen LogP contribution in [0.1, 0.15) is 16.1 Å². The molecule has 0 atom stereocenters. The molecule has 158 valence electrons. The molecule has 0 saturated heterocycles. The first kappa shape index (κ1) is 21.3. The Bertz CT molecular complexity index is 1080. The summed E-state index contributed by atoms with van der Waals surface area (Å²) in [4.78, 5) is 29.1. The summed E-state index contributed by atoms with van der Waals surface area (Å²) in [6.45, 7) is 0. The summed E-state index contributed by atoms with van der Waals surface area (Å²) >= 11 is 1.42. The quantitative estimate of drug-likeness (QED) is 0.393. The van der Waals surface area contributed by atoms with E-state index in [2.05, 4.69) is 4.98 Å². The SMILES string of the molecule is COc1cc(C(=O)Oc2coc(CSc3nccn3C)cc2=O)cc(OC)c1OC. The van der Waals surface area contributed by atoms with E-state index in [4.69, 9.17) is 23.4 Å². The third kappa shape index (κ3) is 4.60. The van der Waals surface area contributed by atoms with E-state index in [1.165, 1.54) is 51.3 Å². The van der Waals surface area contributed by atoms with Gasteiger partial charge in [-0.2, -0.15) is 0 Å². The standard InChI is InChI=1S/C20H20N2O7S/c1-22-6-5-21-20(22)30-11-13-9-14(23)17(10-28-13)29-19(24)12-7-15(25-2)18(27-4)16(8-12)26-3/h5-10H,11H2,1-4H3. The van der Waals surface area contributed by atoms with Gasteiger partial charge in [-0.05, 0) is 12.1 Å². The molecule has 2 aromatic heterocycles. The number of rotatable bonds is 8. The second-order valence-electron chi connectivity index (χ2n) is 5.99. The molecular formula is C20H20N2O7S. The van der Waals surface area contributed by atoms with Gasteiger partial charge in [0, 0.05) is 25.5 Å². The van der Waals surface area contributed by atoms with Crippen LogP contribution in [0.4, 0.5) is 0 Å². The fourth-order valence-electron chi connectivity index (χ4n) is 2.57. The van der Waals surface area contributed by atoms with Gasteiger partial charge >= 0.3 is 5.97 Å². The van der Waals surface area contributed by atoms with Gasteiger partial charge in [0.05, 0.1) is 32.6 Å². The predicted molar refractivity (Wildman–Crippen MR) is 109 cm³/mol. The molecule has 30 heavy (non-hydrogen) atoms. The average Bonchev–Trinajstić information content (AvgIpc) is 3.17. The van der Waals surface area contributed by atoms with Crippen LogP contribution in [0.2, 0.25) is 0 Å². The minimum atomic E-state index is -0.767. The maximum Gasteiger partial charge on any atom is 0.344 e. The van der Waals surface area contributed by atoms with Crippen LogP contribution in [-0.4, -0.2) is 36.8 Å². The van der Waals surface area contributed by atoms with Crippen molar-refractivity contribution in [1.29, 1.82) is 0 Å². The minimum absolute atomic E-state index is 0.123. The van der Waals surface area contributed by atoms with Gasteiger partial charge in [-0.3, -0.25) is 4.79 Å². The molecule has 2 heterocycles. The number of carbonyl (C=O) groups is 1. The van der Waals surface area contributed by atoms with Gasteiger partial charge in [-0.15, -0.1) is 0 Å². The normalized spacial score (nSPS) is 10.5. The Morgan fingerprint density at radius 2 is 1.80 bits per heavy atom. The third-order valence-corrected chi connectivity index (χ3v) is 5.16. The molecule has 3 rings (SSSR count). The molecule has 0 aliphatic heterocycles. The van der Waals surface area contributed by atoms with Gasteiger partial charge in [0.15, 0.2) is 16.7 Å². The first-order chi connectivity index (χ1) is 14.5. The van der Waals surface area contributed by atoms with Gasteiger partial charge in [0.2, 0.25) is 16.9 Å². The molecule has 0 fully saturated rings. The van der Waals surface area contributed by atoms with Crippen LogP contribution in [0.25, 0.3) is 0 Å². The van der Waals surface area contributed by atoms with Crippen LogP contribution < -0.4 is 24.4 Å². The lowest BCUT2D eigenvalue weighted by atomic mass is 10.2. The van der Waals surface area contributed by atoms with Gasteiger partial charge in [-0.25, -0.2) is 9.78 Å². The van der Waals surface area contributed by atoms with E-state index in [1.807, 2.05) is 17.8 Å². The maximum absolute atomic E-state index is 12.5. The molecule has 0 N–H and O–H groups in total. The molecule has 0 radical (unpaired) electrons. The lowest BCUT2D eigenvalue weighted by Gasteiger charge is -2.13. The predicted octanol–water partition coefficient (Wildman–Crippen LogP) is 2.91. The van der Waals surface area contributed by atoms with E-state index >= 15 is 0 Å². The summed E-state index contributed by atoms with van der Waals surface area (Å²) in [5.41, 5.74) is -0.351. The number of carbonyl (C=O) groups excluding carboxylic acids is 1. The van der Waals surface area contributed by atoms with E-state index < -0.39 is 11.4 Å². The highest BCUT2D eigenvalue weighted by Crippen LogP contribution is 2.38. The molecule has 10 heteroatoms. The number of hydrogen-bond acceptors (Lipinski definition) is 9. The minimum Gasteiger partial charge on any atom is -0.493 e. The molecular weight excluding hydrogens is 412 g/mol. The fraction of sp³-hybridized carbons (Fsp3) is 0.250. The first-order valence-corrected chi connectivity index (χ1v) is 9.69. The lowest BCUT2D eigenvalue weighted by Crippen LogP contribution is -2.15. The number of esters is 1. The molecule has 0 aliphatic rings. The summed E-state index contributed by atoms with van der Waals surface area (Å²) in [5, 5.41) is 0.788. The Morgan fingerprint density at radius 1 is 1.10 bits per heavy atom. The monoisotopic (exact) mass is 432 g/mol. The van der Waals surface area contributed by atoms with E-state index in [0.29, 0.717) is 17.3 Å². The second kappa shape index (κ2) is 9.40. The van der Waals surface area contributed by atoms with E-state index in [0.717, 1.165) is 11.4 Å². The molecule has 9 nitrogen and oxygen atoms in total. The van der Waals surface area contributed by atoms with Crippen molar-refractivity contribution >= 4 is 17.7 Å². The van der Waals surface area contributed by atoms with Gasteiger partial charge < -0.3 is 27.9 Å². The van der Waals surface area contributed by atoms with Crippen molar-refractivity contribution in [3.8, 4) is 23.0 Å². The van der Waals surface area contributed by atoms with Crippen LogP contribution >= 0.6 is 11.8 Å². The zero-order chi connectivity index (χ0) is 21.7. The van der Waals surface area contributed by atoms with Crippen LogP contribution in [-0.2, 0) is 12.8 Å². The molecule has 0 saturated carbocycles. The number of aryl methyl sites for hydroxylation is 1. The third-order valence-electron chi connectivity index (χ3n) is 4.08. The maximum atomic E-state index is 12.5. The Balaban J connectivity index is 1.75. The Hall–Kier alpha value is -3.40. The molecule has 3 aromatic rings. The van der Waals surface area contributed by atoms with Crippen molar-refractivity contribution in [2.75, 3.05) is 21.3 Å². The van der Waals surface area contributed by atoms with Crippen LogP contribution in [0.3, 0.4) is 0 Å². The zero-order valence-electron chi connectivity index (χ0n) is 16.8. The zero-order valence-corrected chi connectivity index (χ0v) is 17.6. The number of methoxy groups -OCH3 is 3. The highest BCUT2D eigenvalue weighted by molar-refractivity contribution is 7.98. The number of ether oxygens (including phenoxy) is 4. The van der Waals surface area contributed by atoms with Gasteiger partial charge in [-0.1, -0.05) is 11.8 Å². The largest absolute Gasteiger partial charge is 0.493 e. The summed E-state index contributed by atoms with van der Waals surface area (Å²) in [6.07, 6.45) is 4.63. The van der Waals surface area contributed by atoms with Crippen molar-refractivity contribution < 1.29 is 28.2 Å². The molecule has 0 spiro atoms. The van der Waals surface area contributed by atoms with Gasteiger partial charge in [0.1, 0.15) is 12.0 Å². The summed E-state index contributed by atoms with van der Waals surface area (Å²) in [6, 6.07) is 4.15. The average molecular weight is 432 g/mol. The summed E-state index contributed by atoms with van der Waals surface area (Å²) in [7, 11) is 6.19. The van der Waals surface area contributed by atoms with Crippen molar-refractivity contribution in [3.05, 3.63) is 58.4 Å². The lowest BCUT2D eigenvalue weighted by molar-refractivity contribution is 0.0728. The summed E-state index contributed by atoms with van der Waals surface area (Å²) in [5.74, 6) is 0.763. The smallest absolute Gasteiger partial charge is 0.344 e. The number of thioether (sulfide) groups is 1. The number of nitrogens with zero attached hydrogens (tertiary/aromatic N) is 2. The summed E-state index contributed by atoms with van der Waals surface area (Å²) < 4.78 is 28.2. The van der Waals surface area contributed by atoms with E-state index in [-0.39, 0.29) is 22.8 Å². The van der Waals surface area contributed by atoms with Crippen molar-refractivity contribution in [2.45, 2.75) is 10.9 Å². The van der Waals surface area contributed by atoms with Crippen LogP contribution in [0, 0.1) is 0 Å². The van der Waals surface area contributed by atoms with Crippen LogP contribution in [0.15, 0.2) is 51.2 Å². The van der Waals surface area contributed by atoms with E-state index in [9.17, 15) is 9.59 Å². The molecule has 0 aliphatic carbocycles. The molecule has 0 bridgehead atoms. The van der Waals surface area contributed by atoms with Crippen molar-refractivity contribution in [2.24, 2.45) is 7.05 Å². The number of benzene rings is 1. The van der Waals surface area contributed by atoms with Crippen molar-refractivity contribution in [1.82, 2.24) is 9.55 Å². The highest BCUT2D eigenvalue weighted by Gasteiger charge is 2.19. The highest BCUT2D eigenvalue weighted by atomic mass is 32.2. The Morgan fingerprint density at radius 3 is 2.33 bits per heavy atom. The number of hydrogen-bond donors (Lipinski definition) is 0. The van der Waals surface area contributed by atoms with Crippen molar-refractivity contribution in [3.63, 3.8) is 0 Å². The van der Waals surface area contributed by atoms with Crippen LogP contribution in [0.5, 0.6) is 23.0 Å². The second-order valence-corrected chi connectivity index (χ2v) is 6.93. The first-order valence-electron chi connectivity index (χ1n) is 8.70. The van der Waals surface area contributed by atoms with Gasteiger partial charge in [0.25, 0.3) is 0 Å². The molecule has 0 amide bonds. The number of imidazole rings is 1.